The van der Waals surface area contributed by atoms with E-state index in [0.29, 0.717) is 49.4 Å². The molecule has 1 aromatic carbocycles. The number of ether oxygens (including phenoxy) is 3. The van der Waals surface area contributed by atoms with Crippen molar-refractivity contribution in [1.29, 1.82) is 0 Å². The molecule has 0 radical (unpaired) electrons. The van der Waals surface area contributed by atoms with Crippen LogP contribution in [-0.2, 0) is 4.74 Å². The standard InChI is InChI=1S/C18H21NO4/c1-2-9-21-13-14-5-7-19(8-6-14)18(20)15-3-4-16-17(12-15)23-11-10-22-16/h1,3-4,12,14H,5-11,13H2. The van der Waals surface area contributed by atoms with E-state index in [4.69, 9.17) is 20.6 Å². The van der Waals surface area contributed by atoms with Crippen LogP contribution in [-0.4, -0.2) is 50.3 Å². The van der Waals surface area contributed by atoms with Crippen LogP contribution in [0.3, 0.4) is 0 Å². The molecule has 1 aromatic rings. The van der Waals surface area contributed by atoms with Gasteiger partial charge in [0, 0.05) is 18.7 Å². The van der Waals surface area contributed by atoms with Crippen LogP contribution in [0.1, 0.15) is 23.2 Å². The lowest BCUT2D eigenvalue weighted by atomic mass is 9.97. The maximum absolute atomic E-state index is 12.6. The second-order valence-electron chi connectivity index (χ2n) is 5.81. The average Bonchev–Trinajstić information content (AvgIpc) is 2.61. The minimum atomic E-state index is 0.0463. The van der Waals surface area contributed by atoms with E-state index in [1.165, 1.54) is 0 Å². The molecule has 2 heterocycles. The molecule has 0 bridgehead atoms. The van der Waals surface area contributed by atoms with Crippen LogP contribution in [0.4, 0.5) is 0 Å². The van der Waals surface area contributed by atoms with Gasteiger partial charge >= 0.3 is 0 Å². The van der Waals surface area contributed by atoms with Crippen LogP contribution in [0, 0.1) is 18.3 Å². The molecular formula is C18H21NO4. The number of fused-ring (bicyclic) bond motifs is 1. The van der Waals surface area contributed by atoms with Crippen LogP contribution in [0.25, 0.3) is 0 Å². The number of benzene rings is 1. The number of nitrogens with zero attached hydrogens (tertiary/aromatic N) is 1. The van der Waals surface area contributed by atoms with Crippen molar-refractivity contribution in [3.8, 4) is 23.8 Å². The molecule has 0 N–H and O–H groups in total. The molecule has 2 aliphatic rings. The van der Waals surface area contributed by atoms with Crippen molar-refractivity contribution in [3.63, 3.8) is 0 Å². The molecule has 5 heteroatoms. The molecule has 23 heavy (non-hydrogen) atoms. The van der Waals surface area contributed by atoms with Crippen LogP contribution < -0.4 is 9.47 Å². The van der Waals surface area contributed by atoms with Gasteiger partial charge in [-0.05, 0) is 37.0 Å². The molecule has 1 amide bonds. The second kappa shape index (κ2) is 7.38. The van der Waals surface area contributed by atoms with Gasteiger partial charge in [0.25, 0.3) is 5.91 Å². The topological polar surface area (TPSA) is 48.0 Å². The quantitative estimate of drug-likeness (QED) is 0.629. The maximum Gasteiger partial charge on any atom is 0.253 e. The van der Waals surface area contributed by atoms with Gasteiger partial charge in [-0.25, -0.2) is 0 Å². The van der Waals surface area contributed by atoms with Gasteiger partial charge in [-0.2, -0.15) is 0 Å². The summed E-state index contributed by atoms with van der Waals surface area (Å²) in [5.74, 6) is 4.36. The first-order valence-corrected chi connectivity index (χ1v) is 7.98. The molecule has 0 saturated carbocycles. The van der Waals surface area contributed by atoms with Gasteiger partial charge in [-0.15, -0.1) is 6.42 Å². The molecule has 1 saturated heterocycles. The average molecular weight is 315 g/mol. The first-order chi connectivity index (χ1) is 11.3. The van der Waals surface area contributed by atoms with Crippen LogP contribution in [0.15, 0.2) is 18.2 Å². The van der Waals surface area contributed by atoms with Crippen molar-refractivity contribution in [3.05, 3.63) is 23.8 Å². The Balaban J connectivity index is 1.56. The Hall–Kier alpha value is -2.19. The van der Waals surface area contributed by atoms with Crippen molar-refractivity contribution < 1.29 is 19.0 Å². The molecular weight excluding hydrogens is 294 g/mol. The fraction of sp³-hybridized carbons (Fsp3) is 0.500. The number of piperidine rings is 1. The van der Waals surface area contributed by atoms with E-state index in [1.807, 2.05) is 11.0 Å². The Kier molecular flexibility index (Phi) is 5.04. The molecule has 1 fully saturated rings. The molecule has 122 valence electrons. The molecule has 0 atom stereocenters. The zero-order valence-electron chi connectivity index (χ0n) is 13.1. The molecule has 3 rings (SSSR count). The zero-order valence-corrected chi connectivity index (χ0v) is 13.1. The van der Waals surface area contributed by atoms with Crippen molar-refractivity contribution >= 4 is 5.91 Å². The van der Waals surface area contributed by atoms with Gasteiger partial charge in [0.15, 0.2) is 11.5 Å². The highest BCUT2D eigenvalue weighted by Crippen LogP contribution is 2.31. The van der Waals surface area contributed by atoms with Crippen LogP contribution in [0.5, 0.6) is 11.5 Å². The van der Waals surface area contributed by atoms with E-state index in [0.717, 1.165) is 25.9 Å². The summed E-state index contributed by atoms with van der Waals surface area (Å²) >= 11 is 0. The summed E-state index contributed by atoms with van der Waals surface area (Å²) in [6, 6.07) is 5.39. The Morgan fingerprint density at radius 3 is 2.74 bits per heavy atom. The summed E-state index contributed by atoms with van der Waals surface area (Å²) in [6.45, 7) is 3.60. The lowest BCUT2D eigenvalue weighted by molar-refractivity contribution is 0.0581. The Morgan fingerprint density at radius 1 is 1.26 bits per heavy atom. The predicted molar refractivity (Wildman–Crippen MR) is 85.7 cm³/mol. The maximum atomic E-state index is 12.6. The Labute approximate surface area is 136 Å². The number of terminal acetylenes is 1. The smallest absolute Gasteiger partial charge is 0.253 e. The summed E-state index contributed by atoms with van der Waals surface area (Å²) in [7, 11) is 0. The van der Waals surface area contributed by atoms with Gasteiger partial charge < -0.3 is 19.1 Å². The monoisotopic (exact) mass is 315 g/mol. The number of hydrogen-bond acceptors (Lipinski definition) is 4. The molecule has 0 aliphatic carbocycles. The number of amides is 1. The van der Waals surface area contributed by atoms with Gasteiger partial charge in [0.05, 0.1) is 6.61 Å². The molecule has 0 spiro atoms. The van der Waals surface area contributed by atoms with E-state index >= 15 is 0 Å². The third-order valence-corrected chi connectivity index (χ3v) is 4.23. The third-order valence-electron chi connectivity index (χ3n) is 4.23. The second-order valence-corrected chi connectivity index (χ2v) is 5.81. The fourth-order valence-electron chi connectivity index (χ4n) is 2.95. The number of hydrogen-bond donors (Lipinski definition) is 0. The van der Waals surface area contributed by atoms with E-state index in [-0.39, 0.29) is 5.91 Å². The summed E-state index contributed by atoms with van der Waals surface area (Å²) in [4.78, 5) is 14.5. The molecule has 0 unspecified atom stereocenters. The lowest BCUT2D eigenvalue weighted by Crippen LogP contribution is -2.39. The van der Waals surface area contributed by atoms with Gasteiger partial charge in [-0.1, -0.05) is 5.92 Å². The molecule has 5 nitrogen and oxygen atoms in total. The zero-order chi connectivity index (χ0) is 16.1. The van der Waals surface area contributed by atoms with Gasteiger partial charge in [0.1, 0.15) is 19.8 Å². The first-order valence-electron chi connectivity index (χ1n) is 7.98. The summed E-state index contributed by atoms with van der Waals surface area (Å²) in [5.41, 5.74) is 0.649. The van der Waals surface area contributed by atoms with Crippen molar-refractivity contribution in [2.24, 2.45) is 5.92 Å². The lowest BCUT2D eigenvalue weighted by Gasteiger charge is -2.32. The van der Waals surface area contributed by atoms with E-state index in [1.54, 1.807) is 12.1 Å². The highest BCUT2D eigenvalue weighted by atomic mass is 16.6. The Bertz CT molecular complexity index is 600. The number of carbonyl (C=O) groups is 1. The van der Waals surface area contributed by atoms with E-state index in [2.05, 4.69) is 5.92 Å². The van der Waals surface area contributed by atoms with Crippen molar-refractivity contribution in [2.75, 3.05) is 39.5 Å². The first kappa shape index (κ1) is 15.7. The highest BCUT2D eigenvalue weighted by molar-refractivity contribution is 5.95. The minimum absolute atomic E-state index is 0.0463. The van der Waals surface area contributed by atoms with Crippen molar-refractivity contribution in [2.45, 2.75) is 12.8 Å². The van der Waals surface area contributed by atoms with Crippen molar-refractivity contribution in [1.82, 2.24) is 4.90 Å². The third kappa shape index (κ3) is 3.77. The Morgan fingerprint density at radius 2 is 2.00 bits per heavy atom. The number of rotatable bonds is 4. The number of carbonyl (C=O) groups excluding carboxylic acids is 1. The highest BCUT2D eigenvalue weighted by Gasteiger charge is 2.25. The van der Waals surface area contributed by atoms with E-state index in [9.17, 15) is 4.79 Å². The van der Waals surface area contributed by atoms with E-state index < -0.39 is 0 Å². The van der Waals surface area contributed by atoms with Crippen LogP contribution >= 0.6 is 0 Å². The van der Waals surface area contributed by atoms with Gasteiger partial charge in [-0.3, -0.25) is 4.79 Å². The predicted octanol–water partition coefficient (Wildman–Crippen LogP) is 1.96. The fourth-order valence-corrected chi connectivity index (χ4v) is 2.95. The molecule has 0 aromatic heterocycles. The summed E-state index contributed by atoms with van der Waals surface area (Å²) < 4.78 is 16.4. The largest absolute Gasteiger partial charge is 0.486 e. The minimum Gasteiger partial charge on any atom is -0.486 e. The summed E-state index contributed by atoms with van der Waals surface area (Å²) in [5, 5.41) is 0. The van der Waals surface area contributed by atoms with Gasteiger partial charge in [0.2, 0.25) is 0 Å². The number of likely N-dealkylation sites (tertiary alicyclic amines) is 1. The molecule has 2 aliphatic heterocycles. The SMILES string of the molecule is C#CCOCC1CCN(C(=O)c2ccc3c(c2)OCCO3)CC1. The summed E-state index contributed by atoms with van der Waals surface area (Å²) in [6.07, 6.45) is 7.06. The normalized spacial score (nSPS) is 17.6. The van der Waals surface area contributed by atoms with Crippen LogP contribution in [0.2, 0.25) is 0 Å².